The van der Waals surface area contributed by atoms with Gasteiger partial charge in [-0.15, -0.1) is 0 Å². The van der Waals surface area contributed by atoms with Crippen LogP contribution >= 0.6 is 0 Å². The smallest absolute Gasteiger partial charge is 0.180 e. The number of rotatable bonds is 5. The molecule has 0 fully saturated rings. The van der Waals surface area contributed by atoms with E-state index in [4.69, 9.17) is 10.5 Å². The molecule has 5 heteroatoms. The highest BCUT2D eigenvalue weighted by Crippen LogP contribution is 2.14. The third kappa shape index (κ3) is 4.76. The minimum absolute atomic E-state index is 0.00770. The fourth-order valence-corrected chi connectivity index (χ4v) is 2.50. The van der Waals surface area contributed by atoms with Crippen LogP contribution in [0.1, 0.15) is 26.3 Å². The molecule has 102 valence electrons. The molecule has 0 aliphatic heterocycles. The first kappa shape index (κ1) is 15.1. The van der Waals surface area contributed by atoms with E-state index in [0.29, 0.717) is 11.4 Å². The summed E-state index contributed by atoms with van der Waals surface area (Å²) in [6.07, 6.45) is 0. The Labute approximate surface area is 109 Å². The van der Waals surface area contributed by atoms with Crippen LogP contribution in [0, 0.1) is 0 Å². The van der Waals surface area contributed by atoms with Crippen molar-refractivity contribution in [3.05, 3.63) is 29.8 Å². The van der Waals surface area contributed by atoms with Gasteiger partial charge in [0.2, 0.25) is 0 Å². The van der Waals surface area contributed by atoms with Gasteiger partial charge in [-0.25, -0.2) is 8.42 Å². The zero-order valence-corrected chi connectivity index (χ0v) is 12.0. The Morgan fingerprint density at radius 2 is 1.72 bits per heavy atom. The number of hydrogen-bond donors (Lipinski definition) is 1. The van der Waals surface area contributed by atoms with E-state index in [1.54, 1.807) is 24.3 Å². The number of nitrogens with two attached hydrogens (primary N) is 1. The minimum atomic E-state index is -3.27. The molecule has 0 radical (unpaired) electrons. The van der Waals surface area contributed by atoms with Crippen LogP contribution in [0.15, 0.2) is 29.2 Å². The lowest BCUT2D eigenvalue weighted by atomic mass is 10.2. The lowest BCUT2D eigenvalue weighted by Gasteiger charge is -2.19. The lowest BCUT2D eigenvalue weighted by Crippen LogP contribution is -2.23. The number of sulfone groups is 1. The number of benzene rings is 1. The van der Waals surface area contributed by atoms with E-state index >= 15 is 0 Å². The first-order valence-corrected chi connectivity index (χ1v) is 7.55. The summed E-state index contributed by atoms with van der Waals surface area (Å²) in [7, 11) is -3.27. The summed E-state index contributed by atoms with van der Waals surface area (Å²) in [5.74, 6) is -0.00770. The van der Waals surface area contributed by atoms with Crippen molar-refractivity contribution in [1.82, 2.24) is 0 Å². The van der Waals surface area contributed by atoms with Crippen LogP contribution in [-0.4, -0.2) is 26.4 Å². The second kappa shape index (κ2) is 5.82. The van der Waals surface area contributed by atoms with Crippen molar-refractivity contribution in [2.75, 3.05) is 12.4 Å². The standard InChI is InChI=1S/C13H21NO3S/c1-13(2,3)17-8-9-18(15,16)12-6-4-11(10-14)5-7-12/h4-7H,8-10,14H2,1-3H3. The fraction of sp³-hybridized carbons (Fsp3) is 0.538. The predicted molar refractivity (Wildman–Crippen MR) is 72.1 cm³/mol. The Balaban J connectivity index is 2.68. The molecule has 0 aliphatic carbocycles. The molecule has 0 atom stereocenters. The molecule has 0 unspecified atom stereocenters. The maximum atomic E-state index is 12.0. The highest BCUT2D eigenvalue weighted by atomic mass is 32.2. The van der Waals surface area contributed by atoms with E-state index in [9.17, 15) is 8.42 Å². The van der Waals surface area contributed by atoms with Crippen LogP contribution in [0.2, 0.25) is 0 Å². The van der Waals surface area contributed by atoms with Gasteiger partial charge in [0.15, 0.2) is 9.84 Å². The minimum Gasteiger partial charge on any atom is -0.375 e. The average Bonchev–Trinajstić information content (AvgIpc) is 2.27. The Morgan fingerprint density at radius 3 is 2.17 bits per heavy atom. The van der Waals surface area contributed by atoms with Gasteiger partial charge >= 0.3 is 0 Å². The van der Waals surface area contributed by atoms with Crippen LogP contribution in [0.25, 0.3) is 0 Å². The van der Waals surface area contributed by atoms with E-state index < -0.39 is 9.84 Å². The third-order valence-electron chi connectivity index (χ3n) is 2.41. The monoisotopic (exact) mass is 271 g/mol. The maximum Gasteiger partial charge on any atom is 0.180 e. The van der Waals surface area contributed by atoms with Crippen molar-refractivity contribution < 1.29 is 13.2 Å². The molecular formula is C13H21NO3S. The molecule has 2 N–H and O–H groups in total. The third-order valence-corrected chi connectivity index (χ3v) is 4.10. The maximum absolute atomic E-state index is 12.0. The molecule has 1 aromatic carbocycles. The van der Waals surface area contributed by atoms with Crippen LogP contribution in [0.4, 0.5) is 0 Å². The van der Waals surface area contributed by atoms with Gasteiger partial charge in [0, 0.05) is 6.54 Å². The van der Waals surface area contributed by atoms with E-state index in [2.05, 4.69) is 0 Å². The van der Waals surface area contributed by atoms with Gasteiger partial charge in [0.25, 0.3) is 0 Å². The first-order valence-electron chi connectivity index (χ1n) is 5.90. The van der Waals surface area contributed by atoms with Gasteiger partial charge in [-0.05, 0) is 38.5 Å². The molecule has 0 aliphatic rings. The summed E-state index contributed by atoms with van der Waals surface area (Å²) in [4.78, 5) is 0.317. The largest absolute Gasteiger partial charge is 0.375 e. The molecule has 0 saturated heterocycles. The SMILES string of the molecule is CC(C)(C)OCCS(=O)(=O)c1ccc(CN)cc1. The molecule has 1 aromatic rings. The van der Waals surface area contributed by atoms with Crippen molar-refractivity contribution in [1.29, 1.82) is 0 Å². The number of hydrogen-bond acceptors (Lipinski definition) is 4. The molecular weight excluding hydrogens is 250 g/mol. The molecule has 0 bridgehead atoms. The van der Waals surface area contributed by atoms with Gasteiger partial charge in [0.1, 0.15) is 0 Å². The van der Waals surface area contributed by atoms with Crippen LogP contribution in [-0.2, 0) is 21.1 Å². The van der Waals surface area contributed by atoms with Crippen LogP contribution in [0.5, 0.6) is 0 Å². The lowest BCUT2D eigenvalue weighted by molar-refractivity contribution is 0.00644. The summed E-state index contributed by atoms with van der Waals surface area (Å²) in [6, 6.07) is 6.65. The predicted octanol–water partition coefficient (Wildman–Crippen LogP) is 1.73. The molecule has 4 nitrogen and oxygen atoms in total. The first-order chi connectivity index (χ1) is 8.24. The van der Waals surface area contributed by atoms with Crippen molar-refractivity contribution in [2.24, 2.45) is 5.73 Å². The van der Waals surface area contributed by atoms with Crippen LogP contribution in [0.3, 0.4) is 0 Å². The second-order valence-corrected chi connectivity index (χ2v) is 7.24. The Bertz CT molecular complexity index is 472. The second-order valence-electron chi connectivity index (χ2n) is 5.13. The summed E-state index contributed by atoms with van der Waals surface area (Å²) in [6.45, 7) is 6.30. The molecule has 18 heavy (non-hydrogen) atoms. The highest BCUT2D eigenvalue weighted by Gasteiger charge is 2.17. The van der Waals surface area contributed by atoms with E-state index in [0.717, 1.165) is 5.56 Å². The molecule has 1 rings (SSSR count). The molecule has 0 heterocycles. The van der Waals surface area contributed by atoms with E-state index in [1.807, 2.05) is 20.8 Å². The normalized spacial score (nSPS) is 12.7. The summed E-state index contributed by atoms with van der Waals surface area (Å²) < 4.78 is 29.4. The Hall–Kier alpha value is -0.910. The number of ether oxygens (including phenoxy) is 1. The Kier molecular flexibility index (Phi) is 4.90. The van der Waals surface area contributed by atoms with Gasteiger partial charge in [-0.1, -0.05) is 12.1 Å². The summed E-state index contributed by atoms with van der Waals surface area (Å²) in [5, 5.41) is 0. The molecule has 0 spiro atoms. The molecule has 0 saturated carbocycles. The topological polar surface area (TPSA) is 69.4 Å². The molecule has 0 aromatic heterocycles. The van der Waals surface area contributed by atoms with Gasteiger partial charge in [-0.3, -0.25) is 0 Å². The van der Waals surface area contributed by atoms with Gasteiger partial charge < -0.3 is 10.5 Å². The average molecular weight is 271 g/mol. The Morgan fingerprint density at radius 1 is 1.17 bits per heavy atom. The zero-order chi connectivity index (χ0) is 13.8. The summed E-state index contributed by atoms with van der Waals surface area (Å²) in [5.41, 5.74) is 6.06. The van der Waals surface area contributed by atoms with Crippen LogP contribution < -0.4 is 5.73 Å². The van der Waals surface area contributed by atoms with Crippen molar-refractivity contribution >= 4 is 9.84 Å². The highest BCUT2D eigenvalue weighted by molar-refractivity contribution is 7.91. The summed E-state index contributed by atoms with van der Waals surface area (Å²) >= 11 is 0. The van der Waals surface area contributed by atoms with Crippen molar-refractivity contribution in [3.63, 3.8) is 0 Å². The quantitative estimate of drug-likeness (QED) is 0.885. The fourth-order valence-electron chi connectivity index (χ4n) is 1.41. The van der Waals surface area contributed by atoms with Gasteiger partial charge in [-0.2, -0.15) is 0 Å². The van der Waals surface area contributed by atoms with Crippen molar-refractivity contribution in [3.8, 4) is 0 Å². The van der Waals surface area contributed by atoms with Gasteiger partial charge in [0.05, 0.1) is 22.9 Å². The van der Waals surface area contributed by atoms with Crippen molar-refractivity contribution in [2.45, 2.75) is 37.8 Å². The zero-order valence-electron chi connectivity index (χ0n) is 11.1. The van der Waals surface area contributed by atoms with E-state index in [1.165, 1.54) is 0 Å². The van der Waals surface area contributed by atoms with E-state index in [-0.39, 0.29) is 18.0 Å². The molecule has 0 amide bonds.